The van der Waals surface area contributed by atoms with Crippen molar-refractivity contribution in [3.05, 3.63) is 87.9 Å². The van der Waals surface area contributed by atoms with Crippen molar-refractivity contribution in [2.75, 3.05) is 5.73 Å². The van der Waals surface area contributed by atoms with Gasteiger partial charge in [-0.15, -0.1) is 5.10 Å². The van der Waals surface area contributed by atoms with E-state index in [4.69, 9.17) is 11.5 Å². The van der Waals surface area contributed by atoms with Crippen molar-refractivity contribution in [2.45, 2.75) is 32.2 Å². The molecule has 0 radical (unpaired) electrons. The summed E-state index contributed by atoms with van der Waals surface area (Å²) in [7, 11) is 1.86. The van der Waals surface area contributed by atoms with Crippen molar-refractivity contribution in [1.29, 1.82) is 0 Å². The molecule has 1 fully saturated rings. The Morgan fingerprint density at radius 2 is 2.03 bits per heavy atom. The predicted molar refractivity (Wildman–Crippen MR) is 141 cm³/mol. The number of amides is 1. The first-order chi connectivity index (χ1) is 17.9. The zero-order chi connectivity index (χ0) is 26.1. The minimum Gasteiger partial charge on any atom is -0.381 e. The maximum absolute atomic E-state index is 13.1. The number of hydrogen-bond donors (Lipinski definition) is 2. The summed E-state index contributed by atoms with van der Waals surface area (Å²) in [5, 5.41) is 9.70. The molecule has 0 aliphatic heterocycles. The summed E-state index contributed by atoms with van der Waals surface area (Å²) in [5.74, 6) is 5.76. The molecule has 1 saturated carbocycles. The molecule has 1 amide bonds. The van der Waals surface area contributed by atoms with E-state index >= 15 is 0 Å². The number of pyridine rings is 1. The molecule has 0 bridgehead atoms. The Kier molecular flexibility index (Phi) is 6.19. The Bertz CT molecular complexity index is 1760. The third kappa shape index (κ3) is 4.67. The van der Waals surface area contributed by atoms with E-state index in [2.05, 4.69) is 40.0 Å². The van der Waals surface area contributed by atoms with Crippen LogP contribution < -0.4 is 17.0 Å². The number of nitrogens with zero attached hydrogens (tertiary/aromatic N) is 6. The number of aryl methyl sites for hydroxylation is 2. The third-order valence-electron chi connectivity index (χ3n) is 6.15. The second kappa shape index (κ2) is 9.62. The highest BCUT2D eigenvalue weighted by Gasteiger charge is 2.27. The number of fused-ring (bicyclic) bond motifs is 2. The third-order valence-corrected chi connectivity index (χ3v) is 6.15. The second-order valence-corrected chi connectivity index (χ2v) is 8.83. The van der Waals surface area contributed by atoms with Gasteiger partial charge in [0.2, 0.25) is 0 Å². The van der Waals surface area contributed by atoms with Gasteiger partial charge in [0, 0.05) is 42.9 Å². The smallest absolute Gasteiger partial charge is 0.260 e. The summed E-state index contributed by atoms with van der Waals surface area (Å²) >= 11 is 0. The van der Waals surface area contributed by atoms with Gasteiger partial charge in [0.1, 0.15) is 5.56 Å². The first kappa shape index (κ1) is 23.8. The Hall–Kier alpha value is -4.91. The number of anilines is 1. The molecular formula is C27H26N8O2. The largest absolute Gasteiger partial charge is 0.381 e. The molecule has 4 N–H and O–H groups in total. The van der Waals surface area contributed by atoms with Gasteiger partial charge in [0.25, 0.3) is 11.5 Å². The van der Waals surface area contributed by atoms with Gasteiger partial charge in [-0.2, -0.15) is 5.10 Å². The van der Waals surface area contributed by atoms with E-state index in [0.717, 1.165) is 46.9 Å². The molecule has 0 spiro atoms. The average molecular weight is 495 g/mol. The standard InChI is InChI=1S/C20H19N3O.C7H7N5O/c1-3-17-11-16-6-4-5-15(8-7-14-12-21-22(2)13-14)19(16)20(24)23(17)18-9-10-18;8-5-4(6(9)13)7-10-2-1-3-12(7)11-5/h4-6,11-13,18H,3,9-10H2,1-2H3;1-3H,(H2,8,11)(H2,9,13). The predicted octanol–water partition coefficient (Wildman–Crippen LogP) is 2.44. The lowest BCUT2D eigenvalue weighted by molar-refractivity contribution is 0.100. The van der Waals surface area contributed by atoms with Crippen LogP contribution in [0.25, 0.3) is 16.4 Å². The van der Waals surface area contributed by atoms with E-state index < -0.39 is 5.91 Å². The molecule has 0 saturated heterocycles. The minimum atomic E-state index is -0.619. The molecule has 0 atom stereocenters. The molecule has 1 aliphatic rings. The fraction of sp³-hybridized carbons (Fsp3) is 0.222. The van der Waals surface area contributed by atoms with E-state index in [0.29, 0.717) is 11.7 Å². The lowest BCUT2D eigenvalue weighted by atomic mass is 10.0. The zero-order valence-electron chi connectivity index (χ0n) is 20.5. The van der Waals surface area contributed by atoms with Crippen LogP contribution in [0.2, 0.25) is 0 Å². The van der Waals surface area contributed by atoms with Crippen molar-refractivity contribution in [1.82, 2.24) is 28.9 Å². The van der Waals surface area contributed by atoms with Gasteiger partial charge in [-0.05, 0) is 42.8 Å². The Labute approximate surface area is 212 Å². The molecule has 10 heteroatoms. The number of nitrogen functional groups attached to an aromatic ring is 1. The quantitative estimate of drug-likeness (QED) is 0.369. The van der Waals surface area contributed by atoms with Crippen molar-refractivity contribution >= 4 is 28.1 Å². The molecular weight excluding hydrogens is 468 g/mol. The van der Waals surface area contributed by atoms with Crippen LogP contribution in [0.3, 0.4) is 0 Å². The molecule has 1 aromatic carbocycles. The van der Waals surface area contributed by atoms with Gasteiger partial charge < -0.3 is 16.0 Å². The van der Waals surface area contributed by atoms with Gasteiger partial charge in [-0.3, -0.25) is 14.3 Å². The van der Waals surface area contributed by atoms with Gasteiger partial charge >= 0.3 is 0 Å². The summed E-state index contributed by atoms with van der Waals surface area (Å²) < 4.78 is 5.12. The summed E-state index contributed by atoms with van der Waals surface area (Å²) in [6, 6.07) is 10.1. The highest BCUT2D eigenvalue weighted by Crippen LogP contribution is 2.35. The highest BCUT2D eigenvalue weighted by molar-refractivity contribution is 6.03. The number of rotatable bonds is 3. The molecule has 10 nitrogen and oxygen atoms in total. The maximum Gasteiger partial charge on any atom is 0.260 e. The number of carbonyl (C=O) groups is 1. The van der Waals surface area contributed by atoms with Crippen molar-refractivity contribution in [2.24, 2.45) is 12.8 Å². The summed E-state index contributed by atoms with van der Waals surface area (Å²) in [5.41, 5.74) is 14.0. The molecule has 4 aromatic heterocycles. The number of nitrogens with two attached hydrogens (primary N) is 2. The van der Waals surface area contributed by atoms with Crippen molar-refractivity contribution < 1.29 is 4.79 Å². The second-order valence-electron chi connectivity index (χ2n) is 8.83. The molecule has 6 rings (SSSR count). The van der Waals surface area contributed by atoms with Crippen LogP contribution in [0.4, 0.5) is 5.82 Å². The van der Waals surface area contributed by atoms with Gasteiger partial charge in [-0.25, -0.2) is 9.50 Å². The molecule has 5 aromatic rings. The zero-order valence-corrected chi connectivity index (χ0v) is 20.5. The van der Waals surface area contributed by atoms with Crippen LogP contribution in [-0.4, -0.2) is 34.9 Å². The molecule has 1 aliphatic carbocycles. The Morgan fingerprint density at radius 3 is 2.70 bits per heavy atom. The minimum absolute atomic E-state index is 0.0999. The first-order valence-electron chi connectivity index (χ1n) is 11.9. The normalized spacial score (nSPS) is 12.6. The lowest BCUT2D eigenvalue weighted by Crippen LogP contribution is -2.23. The van der Waals surface area contributed by atoms with Crippen LogP contribution in [0, 0.1) is 11.8 Å². The van der Waals surface area contributed by atoms with Gasteiger partial charge in [-0.1, -0.05) is 30.9 Å². The number of aromatic nitrogens is 6. The fourth-order valence-corrected chi connectivity index (χ4v) is 4.30. The van der Waals surface area contributed by atoms with Crippen LogP contribution in [-0.2, 0) is 13.5 Å². The van der Waals surface area contributed by atoms with E-state index in [1.165, 1.54) is 4.52 Å². The SMILES string of the molecule is CCc1cc2cccc(C#Cc3cnn(C)c3)c2c(=O)n1C1CC1.NC(=O)c1c(N)nn2cccnc12. The Morgan fingerprint density at radius 1 is 1.22 bits per heavy atom. The first-order valence-corrected chi connectivity index (χ1v) is 11.9. The number of hydrogen-bond acceptors (Lipinski definition) is 6. The summed E-state index contributed by atoms with van der Waals surface area (Å²) in [4.78, 5) is 28.0. The number of benzene rings is 1. The van der Waals surface area contributed by atoms with Gasteiger partial charge in [0.05, 0.1) is 17.1 Å². The molecule has 0 unspecified atom stereocenters. The molecule has 37 heavy (non-hydrogen) atoms. The number of carbonyl (C=O) groups excluding carboxylic acids is 1. The van der Waals surface area contributed by atoms with Crippen molar-refractivity contribution in [3.8, 4) is 11.8 Å². The van der Waals surface area contributed by atoms with E-state index in [1.54, 1.807) is 29.3 Å². The van der Waals surface area contributed by atoms with Gasteiger partial charge in [0.15, 0.2) is 11.5 Å². The van der Waals surface area contributed by atoms with Crippen LogP contribution in [0.5, 0.6) is 0 Å². The van der Waals surface area contributed by atoms with E-state index in [9.17, 15) is 9.59 Å². The lowest BCUT2D eigenvalue weighted by Gasteiger charge is -2.13. The molecule has 4 heterocycles. The van der Waals surface area contributed by atoms with Crippen molar-refractivity contribution in [3.63, 3.8) is 0 Å². The van der Waals surface area contributed by atoms with E-state index in [1.807, 2.05) is 36.0 Å². The fourth-order valence-electron chi connectivity index (χ4n) is 4.30. The monoisotopic (exact) mass is 494 g/mol. The number of primary amides is 1. The average Bonchev–Trinajstić information content (AvgIpc) is 3.53. The van der Waals surface area contributed by atoms with E-state index in [-0.39, 0.29) is 16.9 Å². The van der Waals surface area contributed by atoms with Crippen LogP contribution in [0.15, 0.2) is 59.9 Å². The van der Waals surface area contributed by atoms with Crippen LogP contribution >= 0.6 is 0 Å². The summed E-state index contributed by atoms with van der Waals surface area (Å²) in [6.45, 7) is 2.10. The Balaban J connectivity index is 0.000000182. The topological polar surface area (TPSA) is 139 Å². The maximum atomic E-state index is 13.1. The highest BCUT2D eigenvalue weighted by atomic mass is 16.1. The molecule has 186 valence electrons. The van der Waals surface area contributed by atoms with Crippen LogP contribution in [0.1, 0.15) is 53.0 Å². The summed E-state index contributed by atoms with van der Waals surface area (Å²) in [6.07, 6.45) is 9.86.